The van der Waals surface area contributed by atoms with Crippen LogP contribution in [0.2, 0.25) is 0 Å². The van der Waals surface area contributed by atoms with Gasteiger partial charge in [-0.1, -0.05) is 13.8 Å². The summed E-state index contributed by atoms with van der Waals surface area (Å²) in [6, 6.07) is -0.124. The molecule has 1 N–H and O–H groups in total. The molecule has 1 fully saturated rings. The molecule has 110 valence electrons. The van der Waals surface area contributed by atoms with Gasteiger partial charge in [-0.3, -0.25) is 4.79 Å². The second kappa shape index (κ2) is 6.23. The van der Waals surface area contributed by atoms with Crippen LogP contribution in [-0.4, -0.2) is 67.3 Å². The van der Waals surface area contributed by atoms with Crippen LogP contribution in [0, 0.1) is 11.3 Å². The molecule has 1 rings (SSSR count). The highest BCUT2D eigenvalue weighted by Crippen LogP contribution is 2.38. The summed E-state index contributed by atoms with van der Waals surface area (Å²) in [5.74, 6) is -0.801. The van der Waals surface area contributed by atoms with E-state index in [9.17, 15) is 14.7 Å². The molecular weight excluding hydrogens is 248 g/mol. The van der Waals surface area contributed by atoms with Crippen LogP contribution in [0.15, 0.2) is 0 Å². The first-order chi connectivity index (χ1) is 8.85. The number of hydrogen-bond acceptors (Lipinski definition) is 3. The Labute approximate surface area is 114 Å². The van der Waals surface area contributed by atoms with Crippen LogP contribution >= 0.6 is 0 Å². The monoisotopic (exact) mass is 272 g/mol. The van der Waals surface area contributed by atoms with Gasteiger partial charge in [-0.15, -0.1) is 0 Å². The van der Waals surface area contributed by atoms with Gasteiger partial charge in [0.05, 0.1) is 12.0 Å². The molecule has 0 bridgehead atoms. The number of methoxy groups -OCH3 is 1. The van der Waals surface area contributed by atoms with Crippen molar-refractivity contribution < 1.29 is 19.4 Å². The molecule has 6 heteroatoms. The van der Waals surface area contributed by atoms with E-state index in [1.807, 2.05) is 13.8 Å². The predicted octanol–water partition coefficient (Wildman–Crippen LogP) is 1.12. The van der Waals surface area contributed by atoms with Gasteiger partial charge < -0.3 is 19.6 Å². The summed E-state index contributed by atoms with van der Waals surface area (Å²) in [6.45, 7) is 5.57. The third-order valence-corrected chi connectivity index (χ3v) is 4.06. The highest BCUT2D eigenvalue weighted by Gasteiger charge is 2.48. The number of urea groups is 1. The minimum atomic E-state index is -0.808. The summed E-state index contributed by atoms with van der Waals surface area (Å²) in [6.07, 6.45) is 0.518. The topological polar surface area (TPSA) is 70.1 Å². The summed E-state index contributed by atoms with van der Waals surface area (Å²) in [7, 11) is 3.29. The van der Waals surface area contributed by atoms with Crippen molar-refractivity contribution in [3.05, 3.63) is 0 Å². The number of nitrogens with zero attached hydrogens (tertiary/aromatic N) is 2. The van der Waals surface area contributed by atoms with E-state index in [1.165, 1.54) is 0 Å². The van der Waals surface area contributed by atoms with E-state index in [0.29, 0.717) is 26.1 Å². The first-order valence-electron chi connectivity index (χ1n) is 6.57. The van der Waals surface area contributed by atoms with E-state index in [4.69, 9.17) is 4.74 Å². The smallest absolute Gasteiger partial charge is 0.319 e. The quantitative estimate of drug-likeness (QED) is 0.814. The highest BCUT2D eigenvalue weighted by atomic mass is 16.5. The number of ether oxygens (including phenoxy) is 1. The zero-order valence-electron chi connectivity index (χ0n) is 12.2. The van der Waals surface area contributed by atoms with Gasteiger partial charge in [0.25, 0.3) is 0 Å². The molecule has 1 aliphatic rings. The fourth-order valence-electron chi connectivity index (χ4n) is 2.45. The summed E-state index contributed by atoms with van der Waals surface area (Å²) in [5, 5.41) is 9.44. The molecule has 0 aromatic carbocycles. The molecule has 0 spiro atoms. The summed E-state index contributed by atoms with van der Waals surface area (Å²) in [5.41, 5.74) is -0.808. The lowest BCUT2D eigenvalue weighted by molar-refractivity contribution is -0.150. The molecule has 1 atom stereocenters. The first kappa shape index (κ1) is 15.8. The summed E-state index contributed by atoms with van der Waals surface area (Å²) < 4.78 is 4.94. The predicted molar refractivity (Wildman–Crippen MR) is 71.0 cm³/mol. The first-order valence-corrected chi connectivity index (χ1v) is 6.57. The van der Waals surface area contributed by atoms with Crippen LogP contribution in [0.4, 0.5) is 4.79 Å². The van der Waals surface area contributed by atoms with Gasteiger partial charge in [-0.25, -0.2) is 4.79 Å². The molecule has 0 aromatic heterocycles. The second-order valence-corrected chi connectivity index (χ2v) is 5.48. The Morgan fingerprint density at radius 1 is 1.47 bits per heavy atom. The fraction of sp³-hybridized carbons (Fsp3) is 0.846. The normalized spacial score (nSPS) is 22.9. The van der Waals surface area contributed by atoms with Gasteiger partial charge in [0.2, 0.25) is 0 Å². The van der Waals surface area contributed by atoms with Crippen LogP contribution in [-0.2, 0) is 9.53 Å². The largest absolute Gasteiger partial charge is 0.481 e. The average Bonchev–Trinajstić information content (AvgIpc) is 2.81. The van der Waals surface area contributed by atoms with Crippen LogP contribution in [0.5, 0.6) is 0 Å². The van der Waals surface area contributed by atoms with E-state index in [2.05, 4.69) is 0 Å². The number of carbonyl (C=O) groups excluding carboxylic acids is 1. The molecule has 0 radical (unpaired) electrons. The zero-order valence-corrected chi connectivity index (χ0v) is 12.2. The van der Waals surface area contributed by atoms with Gasteiger partial charge in [-0.05, 0) is 12.3 Å². The molecular formula is C13H24N2O4. The molecule has 1 heterocycles. The molecule has 1 unspecified atom stereocenters. The van der Waals surface area contributed by atoms with Crippen LogP contribution in [0.25, 0.3) is 0 Å². The van der Waals surface area contributed by atoms with E-state index in [-0.39, 0.29) is 18.5 Å². The summed E-state index contributed by atoms with van der Waals surface area (Å²) >= 11 is 0. The lowest BCUT2D eigenvalue weighted by Crippen LogP contribution is -2.45. The third-order valence-electron chi connectivity index (χ3n) is 4.06. The van der Waals surface area contributed by atoms with Crippen molar-refractivity contribution in [3.63, 3.8) is 0 Å². The van der Waals surface area contributed by atoms with Gasteiger partial charge in [0, 0.05) is 33.8 Å². The maximum absolute atomic E-state index is 12.2. The molecule has 6 nitrogen and oxygen atoms in total. The molecule has 0 aromatic rings. The molecule has 2 amide bonds. The SMILES string of the molecule is COCCN(C)C(=O)N1CCC(C(=O)O)(C(C)C)C1. The Balaban J connectivity index is 2.69. The zero-order chi connectivity index (χ0) is 14.6. The Hall–Kier alpha value is -1.30. The Kier molecular flexibility index (Phi) is 5.17. The molecule has 1 aliphatic heterocycles. The second-order valence-electron chi connectivity index (χ2n) is 5.48. The highest BCUT2D eigenvalue weighted by molar-refractivity contribution is 5.80. The lowest BCUT2D eigenvalue weighted by Gasteiger charge is -2.30. The number of amides is 2. The number of likely N-dealkylation sites (N-methyl/N-ethyl adjacent to an activating group) is 1. The number of carboxylic acids is 1. The van der Waals surface area contributed by atoms with Gasteiger partial charge in [0.15, 0.2) is 0 Å². The number of likely N-dealkylation sites (tertiary alicyclic amines) is 1. The van der Waals surface area contributed by atoms with Gasteiger partial charge in [0.1, 0.15) is 0 Å². The number of aliphatic carboxylic acids is 1. The van der Waals surface area contributed by atoms with E-state index in [1.54, 1.807) is 24.0 Å². The molecule has 0 saturated carbocycles. The fourth-order valence-corrected chi connectivity index (χ4v) is 2.45. The van der Waals surface area contributed by atoms with E-state index >= 15 is 0 Å². The molecule has 1 saturated heterocycles. The van der Waals surface area contributed by atoms with Crippen molar-refractivity contribution in [1.29, 1.82) is 0 Å². The van der Waals surface area contributed by atoms with Crippen molar-refractivity contribution in [1.82, 2.24) is 9.80 Å². The number of rotatable bonds is 5. The average molecular weight is 272 g/mol. The maximum Gasteiger partial charge on any atom is 0.319 e. The lowest BCUT2D eigenvalue weighted by atomic mass is 9.76. The number of carboxylic acid groups (broad SMARTS) is 1. The van der Waals surface area contributed by atoms with Crippen molar-refractivity contribution in [2.75, 3.05) is 40.4 Å². The van der Waals surface area contributed by atoms with Crippen molar-refractivity contribution in [2.45, 2.75) is 20.3 Å². The Morgan fingerprint density at radius 2 is 2.11 bits per heavy atom. The van der Waals surface area contributed by atoms with E-state index in [0.717, 1.165) is 0 Å². The van der Waals surface area contributed by atoms with Crippen molar-refractivity contribution in [3.8, 4) is 0 Å². The van der Waals surface area contributed by atoms with Crippen molar-refractivity contribution in [2.24, 2.45) is 11.3 Å². The van der Waals surface area contributed by atoms with Gasteiger partial charge >= 0.3 is 12.0 Å². The number of hydrogen-bond donors (Lipinski definition) is 1. The van der Waals surface area contributed by atoms with Crippen LogP contribution in [0.3, 0.4) is 0 Å². The number of carbonyl (C=O) groups is 2. The summed E-state index contributed by atoms with van der Waals surface area (Å²) in [4.78, 5) is 26.9. The molecule has 19 heavy (non-hydrogen) atoms. The van der Waals surface area contributed by atoms with E-state index < -0.39 is 11.4 Å². The minimum Gasteiger partial charge on any atom is -0.481 e. The Bertz CT molecular complexity index is 346. The van der Waals surface area contributed by atoms with Gasteiger partial charge in [-0.2, -0.15) is 0 Å². The van der Waals surface area contributed by atoms with Crippen LogP contribution in [0.1, 0.15) is 20.3 Å². The van der Waals surface area contributed by atoms with Crippen molar-refractivity contribution >= 4 is 12.0 Å². The maximum atomic E-state index is 12.2. The van der Waals surface area contributed by atoms with Crippen LogP contribution < -0.4 is 0 Å². The molecule has 0 aliphatic carbocycles. The minimum absolute atomic E-state index is 0.00656. The Morgan fingerprint density at radius 3 is 2.53 bits per heavy atom. The standard InChI is InChI=1S/C13H24N2O4/c1-10(2)13(11(16)17)5-6-15(9-13)12(18)14(3)7-8-19-4/h10H,5-9H2,1-4H3,(H,16,17). The third kappa shape index (κ3) is 3.18.